The number of benzene rings is 2. The normalized spacial score (nSPS) is 10.5. The molecule has 0 unspecified atom stereocenters. The average molecular weight is 446 g/mol. The van der Waals surface area contributed by atoms with E-state index < -0.39 is 11.0 Å². The molecule has 4 rings (SSSR count). The summed E-state index contributed by atoms with van der Waals surface area (Å²) >= 11 is 0. The number of nitrogens with one attached hydrogen (secondary N) is 2. The van der Waals surface area contributed by atoms with E-state index in [9.17, 15) is 14.9 Å². The number of anilines is 2. The molecule has 1 amide bonds. The van der Waals surface area contributed by atoms with Crippen molar-refractivity contribution in [2.75, 3.05) is 5.32 Å². The van der Waals surface area contributed by atoms with Crippen LogP contribution in [0.15, 0.2) is 67.1 Å². The molecule has 0 aliphatic heterocycles. The van der Waals surface area contributed by atoms with Gasteiger partial charge in [0.05, 0.1) is 34.9 Å². The molecule has 11 heteroatoms. The number of non-ortho nitro benzene ring substituents is 1. The summed E-state index contributed by atoms with van der Waals surface area (Å²) in [5.41, 5.74) is 1.33. The van der Waals surface area contributed by atoms with E-state index in [4.69, 9.17) is 9.84 Å². The first-order chi connectivity index (χ1) is 16.0. The minimum absolute atomic E-state index is 0.0271. The number of pyridine rings is 1. The molecular weight excluding hydrogens is 428 g/mol. The first-order valence-electron chi connectivity index (χ1n) is 9.78. The summed E-state index contributed by atoms with van der Waals surface area (Å²) in [6.45, 7) is 0.287. The summed E-state index contributed by atoms with van der Waals surface area (Å²) < 4.78 is 5.95. The van der Waals surface area contributed by atoms with Crippen LogP contribution < -0.4 is 15.4 Å². The van der Waals surface area contributed by atoms with Crippen LogP contribution in [-0.2, 0) is 13.2 Å². The van der Waals surface area contributed by atoms with Gasteiger partial charge in [-0.3, -0.25) is 15.1 Å². The maximum atomic E-state index is 11.3. The Bertz CT molecular complexity index is 1310. The summed E-state index contributed by atoms with van der Waals surface area (Å²) in [6.07, 6.45) is 3.43. The van der Waals surface area contributed by atoms with Gasteiger partial charge in [-0.05, 0) is 29.8 Å². The van der Waals surface area contributed by atoms with Gasteiger partial charge in [0.25, 0.3) is 5.69 Å². The second kappa shape index (κ2) is 9.56. The number of hydrogen-bond donors (Lipinski definition) is 3. The molecule has 0 bridgehead atoms. The Labute approximate surface area is 187 Å². The standard InChI is InChI=1S/C22H18N6O5/c29-22(30)26-11-15-10-25-21(12-24-15)27-20-9-14(7-8-23-20)13-33-19-6-5-18(28(31)32)16-3-1-2-4-17(16)19/h1-10,12,26H,11,13H2,(H,29,30)(H,23,25,27). The van der Waals surface area contributed by atoms with Gasteiger partial charge in [-0.2, -0.15) is 0 Å². The Morgan fingerprint density at radius 3 is 2.58 bits per heavy atom. The van der Waals surface area contributed by atoms with Crippen molar-refractivity contribution in [1.29, 1.82) is 0 Å². The summed E-state index contributed by atoms with van der Waals surface area (Å²) in [4.78, 5) is 34.0. The Morgan fingerprint density at radius 1 is 1.03 bits per heavy atom. The van der Waals surface area contributed by atoms with Crippen molar-refractivity contribution in [1.82, 2.24) is 20.3 Å². The molecular formula is C22H18N6O5. The van der Waals surface area contributed by atoms with Gasteiger partial charge in [0.1, 0.15) is 24.0 Å². The Kier molecular flexibility index (Phi) is 6.21. The molecule has 0 atom stereocenters. The van der Waals surface area contributed by atoms with Crippen molar-refractivity contribution in [3.63, 3.8) is 0 Å². The van der Waals surface area contributed by atoms with Crippen LogP contribution in [0.5, 0.6) is 5.75 Å². The smallest absolute Gasteiger partial charge is 0.404 e. The molecule has 33 heavy (non-hydrogen) atoms. The molecule has 0 saturated heterocycles. The van der Waals surface area contributed by atoms with Crippen molar-refractivity contribution in [3.05, 3.63) is 88.5 Å². The lowest BCUT2D eigenvalue weighted by Crippen LogP contribution is -2.20. The fourth-order valence-electron chi connectivity index (χ4n) is 3.14. The fourth-order valence-corrected chi connectivity index (χ4v) is 3.14. The monoisotopic (exact) mass is 446 g/mol. The third-order valence-corrected chi connectivity index (χ3v) is 4.66. The van der Waals surface area contributed by atoms with Crippen molar-refractivity contribution in [2.24, 2.45) is 0 Å². The highest BCUT2D eigenvalue weighted by Gasteiger charge is 2.14. The summed E-state index contributed by atoms with van der Waals surface area (Å²) in [5.74, 6) is 1.51. The first-order valence-corrected chi connectivity index (χ1v) is 9.78. The third kappa shape index (κ3) is 5.28. The van der Waals surface area contributed by atoms with Gasteiger partial charge in [-0.25, -0.2) is 14.8 Å². The Balaban J connectivity index is 1.44. The average Bonchev–Trinajstić information content (AvgIpc) is 2.82. The van der Waals surface area contributed by atoms with Crippen LogP contribution in [-0.4, -0.2) is 31.1 Å². The minimum atomic E-state index is -1.14. The Morgan fingerprint density at radius 2 is 1.85 bits per heavy atom. The van der Waals surface area contributed by atoms with E-state index in [-0.39, 0.29) is 18.8 Å². The number of aromatic nitrogens is 3. The van der Waals surface area contributed by atoms with E-state index in [2.05, 4.69) is 25.6 Å². The molecule has 0 aliphatic rings. The van der Waals surface area contributed by atoms with E-state index >= 15 is 0 Å². The second-order valence-corrected chi connectivity index (χ2v) is 6.90. The molecule has 0 aliphatic carbocycles. The highest BCUT2D eigenvalue weighted by atomic mass is 16.6. The van der Waals surface area contributed by atoms with Crippen molar-refractivity contribution in [2.45, 2.75) is 13.2 Å². The lowest BCUT2D eigenvalue weighted by molar-refractivity contribution is -0.383. The quantitative estimate of drug-likeness (QED) is 0.269. The van der Waals surface area contributed by atoms with Gasteiger partial charge in [0, 0.05) is 17.6 Å². The summed E-state index contributed by atoms with van der Waals surface area (Å²) in [7, 11) is 0. The van der Waals surface area contributed by atoms with Gasteiger partial charge in [0.2, 0.25) is 0 Å². The van der Waals surface area contributed by atoms with Crippen LogP contribution in [0, 0.1) is 10.1 Å². The maximum absolute atomic E-state index is 11.3. The number of amides is 1. The van der Waals surface area contributed by atoms with Gasteiger partial charge in [0.15, 0.2) is 0 Å². The fraction of sp³-hybridized carbons (Fsp3) is 0.0909. The first kappa shape index (κ1) is 21.4. The van der Waals surface area contributed by atoms with Crippen LogP contribution in [0.25, 0.3) is 10.8 Å². The zero-order valence-corrected chi connectivity index (χ0v) is 17.1. The molecule has 3 N–H and O–H groups in total. The molecule has 11 nitrogen and oxygen atoms in total. The molecule has 166 valence electrons. The van der Waals surface area contributed by atoms with E-state index in [0.717, 1.165) is 5.56 Å². The molecule has 0 fully saturated rings. The number of nitrogens with zero attached hydrogens (tertiary/aromatic N) is 4. The van der Waals surface area contributed by atoms with E-state index in [1.54, 1.807) is 48.7 Å². The molecule has 0 radical (unpaired) electrons. The SMILES string of the molecule is O=C(O)NCc1cnc(Nc2cc(COc3ccc([N+](=O)[O-])c4ccccc34)ccn2)cn1. The summed E-state index contributed by atoms with van der Waals surface area (Å²) in [6, 6.07) is 13.6. The lowest BCUT2D eigenvalue weighted by atomic mass is 10.1. The van der Waals surface area contributed by atoms with Crippen molar-refractivity contribution >= 4 is 34.2 Å². The van der Waals surface area contributed by atoms with Gasteiger partial charge in [-0.1, -0.05) is 18.2 Å². The predicted molar refractivity (Wildman–Crippen MR) is 119 cm³/mol. The molecule has 4 aromatic rings. The Hall–Kier alpha value is -4.80. The van der Waals surface area contributed by atoms with Gasteiger partial charge in [-0.15, -0.1) is 0 Å². The number of hydrogen-bond acceptors (Lipinski definition) is 8. The zero-order valence-electron chi connectivity index (χ0n) is 17.1. The topological polar surface area (TPSA) is 152 Å². The van der Waals surface area contributed by atoms with Crippen LogP contribution in [0.2, 0.25) is 0 Å². The number of ether oxygens (including phenoxy) is 1. The number of fused-ring (bicyclic) bond motifs is 1. The van der Waals surface area contributed by atoms with E-state index in [0.29, 0.717) is 33.9 Å². The predicted octanol–water partition coefficient (Wildman–Crippen LogP) is 4.02. The number of carbonyl (C=O) groups is 1. The largest absolute Gasteiger partial charge is 0.488 e. The molecule has 0 spiro atoms. The number of nitro benzene ring substituents is 1. The summed E-state index contributed by atoms with van der Waals surface area (Å²) in [5, 5.41) is 26.3. The van der Waals surface area contributed by atoms with Crippen molar-refractivity contribution in [3.8, 4) is 5.75 Å². The van der Waals surface area contributed by atoms with Crippen LogP contribution >= 0.6 is 0 Å². The highest BCUT2D eigenvalue weighted by molar-refractivity contribution is 5.95. The molecule has 2 aromatic heterocycles. The molecule has 2 heterocycles. The number of rotatable bonds is 8. The minimum Gasteiger partial charge on any atom is -0.488 e. The van der Waals surface area contributed by atoms with Crippen LogP contribution in [0.4, 0.5) is 22.1 Å². The van der Waals surface area contributed by atoms with Crippen LogP contribution in [0.1, 0.15) is 11.3 Å². The maximum Gasteiger partial charge on any atom is 0.404 e. The zero-order chi connectivity index (χ0) is 23.2. The lowest BCUT2D eigenvalue weighted by Gasteiger charge is -2.11. The van der Waals surface area contributed by atoms with Crippen LogP contribution in [0.3, 0.4) is 0 Å². The van der Waals surface area contributed by atoms with Crippen molar-refractivity contribution < 1.29 is 19.6 Å². The molecule has 2 aromatic carbocycles. The number of carboxylic acid groups (broad SMARTS) is 1. The number of nitro groups is 1. The second-order valence-electron chi connectivity index (χ2n) is 6.90. The van der Waals surface area contributed by atoms with Gasteiger partial charge < -0.3 is 20.5 Å². The van der Waals surface area contributed by atoms with Gasteiger partial charge >= 0.3 is 6.09 Å². The van der Waals surface area contributed by atoms with E-state index in [1.807, 2.05) is 0 Å². The highest BCUT2D eigenvalue weighted by Crippen LogP contribution is 2.33. The third-order valence-electron chi connectivity index (χ3n) is 4.66. The van der Waals surface area contributed by atoms with E-state index in [1.165, 1.54) is 18.5 Å². The molecule has 0 saturated carbocycles.